The van der Waals surface area contributed by atoms with Crippen LogP contribution in [0.5, 0.6) is 0 Å². The van der Waals surface area contributed by atoms with Gasteiger partial charge in [0.15, 0.2) is 0 Å². The van der Waals surface area contributed by atoms with Crippen LogP contribution in [0.3, 0.4) is 0 Å². The van der Waals surface area contributed by atoms with Crippen molar-refractivity contribution in [1.29, 1.82) is 0 Å². The number of hydrogen-bond acceptors (Lipinski definition) is 10. The van der Waals surface area contributed by atoms with Gasteiger partial charge in [-0.25, -0.2) is 19.1 Å². The molecule has 0 radical (unpaired) electrons. The monoisotopic (exact) mass is 561 g/mol. The zero-order chi connectivity index (χ0) is 27.4. The number of anilines is 1. The second-order valence-corrected chi connectivity index (χ2v) is 10.1. The van der Waals surface area contributed by atoms with Gasteiger partial charge in [0.25, 0.3) is 5.91 Å². The fourth-order valence-electron chi connectivity index (χ4n) is 3.80. The Morgan fingerprint density at radius 1 is 1.21 bits per heavy atom. The SMILES string of the molecule is CNC(=O)NC(=O)Nc1ccccc1CC(=O)NC1C(=O)N2C(C(=O)O)=C(CSc3nnnn3C)CSC12. The molecule has 3 heterocycles. The molecular formula is C21H23N9O6S2. The van der Waals surface area contributed by atoms with Gasteiger partial charge in [0.2, 0.25) is 11.1 Å². The Morgan fingerprint density at radius 3 is 2.66 bits per heavy atom. The topological polar surface area (TPSA) is 201 Å². The van der Waals surface area contributed by atoms with Crippen molar-refractivity contribution in [1.82, 2.24) is 41.1 Å². The van der Waals surface area contributed by atoms with E-state index in [2.05, 4.69) is 36.8 Å². The predicted octanol–water partition coefficient (Wildman–Crippen LogP) is -0.256. The van der Waals surface area contributed by atoms with Gasteiger partial charge in [-0.2, -0.15) is 0 Å². The number of rotatable bonds is 8. The number of fused-ring (bicyclic) bond motifs is 1. The summed E-state index contributed by atoms with van der Waals surface area (Å²) in [6.07, 6.45) is -0.160. The number of para-hydroxylation sites is 1. The number of aryl methyl sites for hydroxylation is 1. The quantitative estimate of drug-likeness (QED) is 0.210. The second-order valence-electron chi connectivity index (χ2n) is 8.08. The number of tetrazole rings is 1. The molecule has 17 heteroatoms. The number of benzene rings is 1. The summed E-state index contributed by atoms with van der Waals surface area (Å²) in [5, 5.41) is 30.4. The van der Waals surface area contributed by atoms with E-state index in [1.54, 1.807) is 31.3 Å². The summed E-state index contributed by atoms with van der Waals surface area (Å²) in [5.41, 5.74) is 1.23. The van der Waals surface area contributed by atoms with E-state index in [0.717, 1.165) is 0 Å². The maximum Gasteiger partial charge on any atom is 0.352 e. The highest BCUT2D eigenvalue weighted by molar-refractivity contribution is 8.01. The maximum atomic E-state index is 12.9. The van der Waals surface area contributed by atoms with Crippen LogP contribution in [0.2, 0.25) is 0 Å². The highest BCUT2D eigenvalue weighted by atomic mass is 32.2. The largest absolute Gasteiger partial charge is 0.477 e. The lowest BCUT2D eigenvalue weighted by Crippen LogP contribution is -2.70. The number of β-lactam (4-membered cyclic amide) rings is 1. The number of amides is 6. The molecule has 5 N–H and O–H groups in total. The summed E-state index contributed by atoms with van der Waals surface area (Å²) >= 11 is 2.62. The molecular weight excluding hydrogens is 538 g/mol. The number of aromatic nitrogens is 4. The van der Waals surface area contributed by atoms with E-state index < -0.39 is 41.3 Å². The number of nitrogens with zero attached hydrogens (tertiary/aromatic N) is 5. The molecule has 0 saturated carbocycles. The van der Waals surface area contributed by atoms with Crippen LogP contribution in [0.1, 0.15) is 5.56 Å². The molecule has 1 aromatic carbocycles. The Hall–Kier alpha value is -4.12. The average molecular weight is 562 g/mol. The Balaban J connectivity index is 1.40. The van der Waals surface area contributed by atoms with E-state index in [9.17, 15) is 29.1 Å². The molecule has 1 saturated heterocycles. The molecule has 38 heavy (non-hydrogen) atoms. The number of carbonyl (C=O) groups is 5. The molecule has 2 atom stereocenters. The molecule has 0 aliphatic carbocycles. The zero-order valence-electron chi connectivity index (χ0n) is 20.1. The number of hydrogen-bond donors (Lipinski definition) is 5. The van der Waals surface area contributed by atoms with Gasteiger partial charge < -0.3 is 21.1 Å². The average Bonchev–Trinajstić information content (AvgIpc) is 3.30. The molecule has 0 spiro atoms. The van der Waals surface area contributed by atoms with Crippen molar-refractivity contribution in [2.75, 3.05) is 23.9 Å². The lowest BCUT2D eigenvalue weighted by Gasteiger charge is -2.49. The third-order valence-corrected chi connectivity index (χ3v) is 8.03. The van der Waals surface area contributed by atoms with Crippen LogP contribution in [0.15, 0.2) is 40.7 Å². The van der Waals surface area contributed by atoms with Crippen LogP contribution >= 0.6 is 23.5 Å². The van der Waals surface area contributed by atoms with Crippen molar-refractivity contribution < 1.29 is 29.1 Å². The van der Waals surface area contributed by atoms with Gasteiger partial charge in [-0.05, 0) is 27.6 Å². The molecule has 15 nitrogen and oxygen atoms in total. The number of carbonyl (C=O) groups excluding carboxylic acids is 4. The van der Waals surface area contributed by atoms with Crippen molar-refractivity contribution in [3.05, 3.63) is 41.1 Å². The van der Waals surface area contributed by atoms with E-state index in [0.29, 0.717) is 27.7 Å². The molecule has 0 bridgehead atoms. The summed E-state index contributed by atoms with van der Waals surface area (Å²) < 4.78 is 1.47. The van der Waals surface area contributed by atoms with Crippen molar-refractivity contribution in [3.63, 3.8) is 0 Å². The first kappa shape index (κ1) is 26.9. The third-order valence-electron chi connectivity index (χ3n) is 5.59. The summed E-state index contributed by atoms with van der Waals surface area (Å²) in [6.45, 7) is 0. The van der Waals surface area contributed by atoms with Crippen LogP contribution in [-0.4, -0.2) is 90.0 Å². The number of urea groups is 2. The van der Waals surface area contributed by atoms with Gasteiger partial charge in [0.1, 0.15) is 17.1 Å². The summed E-state index contributed by atoms with van der Waals surface area (Å²) in [7, 11) is 3.03. The minimum Gasteiger partial charge on any atom is -0.477 e. The molecule has 2 aliphatic heterocycles. The van der Waals surface area contributed by atoms with Crippen LogP contribution in [0.25, 0.3) is 0 Å². The highest BCUT2D eigenvalue weighted by Gasteiger charge is 2.54. The zero-order valence-corrected chi connectivity index (χ0v) is 21.8. The van der Waals surface area contributed by atoms with E-state index >= 15 is 0 Å². The molecule has 2 aromatic rings. The van der Waals surface area contributed by atoms with Gasteiger partial charge in [-0.1, -0.05) is 30.0 Å². The fraction of sp³-hybridized carbons (Fsp3) is 0.333. The van der Waals surface area contributed by atoms with Gasteiger partial charge in [-0.3, -0.25) is 19.8 Å². The van der Waals surface area contributed by atoms with E-state index in [-0.39, 0.29) is 17.9 Å². The Kier molecular flexibility index (Phi) is 8.16. The van der Waals surface area contributed by atoms with Crippen molar-refractivity contribution in [2.45, 2.75) is 23.0 Å². The predicted molar refractivity (Wildman–Crippen MR) is 136 cm³/mol. The van der Waals surface area contributed by atoms with Gasteiger partial charge in [0.05, 0.1) is 6.42 Å². The Labute approximate surface area is 224 Å². The molecule has 1 aromatic heterocycles. The van der Waals surface area contributed by atoms with Crippen LogP contribution < -0.4 is 21.3 Å². The fourth-order valence-corrected chi connectivity index (χ4v) is 6.14. The summed E-state index contributed by atoms with van der Waals surface area (Å²) in [4.78, 5) is 62.3. The van der Waals surface area contributed by atoms with E-state index in [1.807, 2.05) is 0 Å². The van der Waals surface area contributed by atoms with Crippen LogP contribution in [-0.2, 0) is 27.9 Å². The number of thioether (sulfide) groups is 2. The number of aliphatic carboxylic acids is 1. The van der Waals surface area contributed by atoms with E-state index in [1.165, 1.54) is 40.2 Å². The smallest absolute Gasteiger partial charge is 0.352 e. The van der Waals surface area contributed by atoms with Gasteiger partial charge in [-0.15, -0.1) is 16.9 Å². The van der Waals surface area contributed by atoms with Gasteiger partial charge in [0, 0.05) is 31.3 Å². The third kappa shape index (κ3) is 5.72. The van der Waals surface area contributed by atoms with Crippen molar-refractivity contribution in [3.8, 4) is 0 Å². The minimum atomic E-state index is -1.23. The molecule has 4 rings (SSSR count). The normalized spacial score (nSPS) is 18.3. The summed E-state index contributed by atoms with van der Waals surface area (Å²) in [6, 6.07) is 4.16. The molecule has 2 unspecified atom stereocenters. The standard InChI is InChI=1S/C21H23N9O6S2/c1-22-19(35)25-20(36)23-12-6-4-3-5-10(12)7-13(31)24-14-16(32)30-15(18(33)34)11(8-37-17(14)30)9-38-21-26-27-28-29(21)2/h3-6,14,17H,7-9H2,1-2H3,(H,24,31)(H,33,34)(H3,22,23,25,35,36). The first-order chi connectivity index (χ1) is 18.2. The van der Waals surface area contributed by atoms with Crippen LogP contribution in [0, 0.1) is 0 Å². The first-order valence-corrected chi connectivity index (χ1v) is 13.1. The lowest BCUT2D eigenvalue weighted by molar-refractivity contribution is -0.150. The maximum absolute atomic E-state index is 12.9. The van der Waals surface area contributed by atoms with Crippen LogP contribution in [0.4, 0.5) is 15.3 Å². The number of carboxylic acid groups (broad SMARTS) is 1. The number of nitrogens with one attached hydrogen (secondary N) is 4. The second kappa shape index (κ2) is 11.5. The molecule has 2 aliphatic rings. The molecule has 200 valence electrons. The Morgan fingerprint density at radius 2 is 1.97 bits per heavy atom. The highest BCUT2D eigenvalue weighted by Crippen LogP contribution is 2.41. The van der Waals surface area contributed by atoms with E-state index in [4.69, 9.17) is 0 Å². The van der Waals surface area contributed by atoms with Crippen molar-refractivity contribution >= 4 is 59.1 Å². The Bertz CT molecular complexity index is 1330. The number of carboxylic acids is 1. The number of imide groups is 1. The molecule has 6 amide bonds. The summed E-state index contributed by atoms with van der Waals surface area (Å²) in [5.74, 6) is -1.59. The lowest BCUT2D eigenvalue weighted by atomic mass is 10.0. The molecule has 1 fully saturated rings. The first-order valence-electron chi connectivity index (χ1n) is 11.1. The van der Waals surface area contributed by atoms with Crippen molar-refractivity contribution in [2.24, 2.45) is 7.05 Å². The van der Waals surface area contributed by atoms with Gasteiger partial charge >= 0.3 is 18.0 Å². The minimum absolute atomic E-state index is 0.0939.